The molecule has 48 valence electrons. The standard InChI is InChI=1S/C5H8FN.ClH/c6-4-3-1-5(4,7)2-3;/h3-4H,1-2,7H2;1H. The number of hydrogen-bond donors (Lipinski definition) is 1. The van der Waals surface area contributed by atoms with Gasteiger partial charge in [0.15, 0.2) is 0 Å². The van der Waals surface area contributed by atoms with Crippen LogP contribution >= 0.6 is 12.4 Å². The number of nitrogens with two attached hydrogens (primary N) is 1. The van der Waals surface area contributed by atoms with E-state index in [1.807, 2.05) is 0 Å². The molecule has 3 heteroatoms. The molecule has 0 spiro atoms. The second-order valence-corrected chi connectivity index (χ2v) is 2.80. The van der Waals surface area contributed by atoms with E-state index in [4.69, 9.17) is 5.73 Å². The first kappa shape index (κ1) is 6.30. The Morgan fingerprint density at radius 2 is 1.88 bits per heavy atom. The van der Waals surface area contributed by atoms with Gasteiger partial charge >= 0.3 is 0 Å². The Balaban J connectivity index is 0.000000320. The molecular formula is C5H9ClFN. The van der Waals surface area contributed by atoms with Crippen molar-refractivity contribution in [1.29, 1.82) is 0 Å². The monoisotopic (exact) mass is 137 g/mol. The van der Waals surface area contributed by atoms with Gasteiger partial charge in [0.25, 0.3) is 0 Å². The topological polar surface area (TPSA) is 26.0 Å². The first-order valence-corrected chi connectivity index (χ1v) is 2.65. The molecule has 3 aliphatic carbocycles. The Morgan fingerprint density at radius 3 is 1.88 bits per heavy atom. The van der Waals surface area contributed by atoms with Gasteiger partial charge in [-0.3, -0.25) is 0 Å². The maximum atomic E-state index is 12.2. The predicted octanol–water partition coefficient (Wildman–Crippen LogP) is 0.867. The minimum atomic E-state index is -0.646. The molecule has 0 aromatic carbocycles. The molecule has 0 aromatic heterocycles. The molecule has 0 aromatic rings. The number of hydrogen-bond acceptors (Lipinski definition) is 1. The molecule has 8 heavy (non-hydrogen) atoms. The van der Waals surface area contributed by atoms with Gasteiger partial charge in [-0.05, 0) is 18.8 Å². The van der Waals surface area contributed by atoms with Crippen molar-refractivity contribution in [2.45, 2.75) is 24.6 Å². The fourth-order valence-electron chi connectivity index (χ4n) is 1.50. The molecule has 3 rings (SSSR count). The van der Waals surface area contributed by atoms with Gasteiger partial charge in [-0.2, -0.15) is 0 Å². The molecule has 2 bridgehead atoms. The molecule has 0 saturated heterocycles. The predicted molar refractivity (Wildman–Crippen MR) is 31.8 cm³/mol. The van der Waals surface area contributed by atoms with Crippen LogP contribution < -0.4 is 5.73 Å². The van der Waals surface area contributed by atoms with Crippen LogP contribution in [0.25, 0.3) is 0 Å². The summed E-state index contributed by atoms with van der Waals surface area (Å²) in [5.74, 6) is 0.352. The van der Waals surface area contributed by atoms with Gasteiger partial charge < -0.3 is 5.73 Å². The first-order chi connectivity index (χ1) is 3.22. The van der Waals surface area contributed by atoms with Crippen LogP contribution in [0.2, 0.25) is 0 Å². The van der Waals surface area contributed by atoms with Crippen LogP contribution in [-0.4, -0.2) is 11.7 Å². The highest BCUT2D eigenvalue weighted by molar-refractivity contribution is 5.85. The van der Waals surface area contributed by atoms with E-state index in [0.717, 1.165) is 12.8 Å². The lowest BCUT2D eigenvalue weighted by Gasteiger charge is -2.62. The zero-order valence-electron chi connectivity index (χ0n) is 4.43. The maximum absolute atomic E-state index is 12.2. The Kier molecular flexibility index (Phi) is 1.07. The van der Waals surface area contributed by atoms with Gasteiger partial charge in [0.1, 0.15) is 6.17 Å². The Labute approximate surface area is 53.8 Å². The van der Waals surface area contributed by atoms with Crippen molar-refractivity contribution < 1.29 is 4.39 Å². The van der Waals surface area contributed by atoms with E-state index in [2.05, 4.69) is 0 Å². The van der Waals surface area contributed by atoms with Crippen molar-refractivity contribution in [3.05, 3.63) is 0 Å². The Bertz CT molecular complexity index is 111. The van der Waals surface area contributed by atoms with Gasteiger partial charge in [0, 0.05) is 5.54 Å². The highest BCUT2D eigenvalue weighted by atomic mass is 35.5. The van der Waals surface area contributed by atoms with E-state index in [9.17, 15) is 4.39 Å². The Morgan fingerprint density at radius 1 is 1.50 bits per heavy atom. The summed E-state index contributed by atoms with van der Waals surface area (Å²) in [6, 6.07) is 0. The lowest BCUT2D eigenvalue weighted by Crippen LogP contribution is -2.74. The van der Waals surface area contributed by atoms with Gasteiger partial charge in [0.2, 0.25) is 0 Å². The minimum Gasteiger partial charge on any atom is -0.323 e. The van der Waals surface area contributed by atoms with Crippen molar-refractivity contribution in [1.82, 2.24) is 0 Å². The third-order valence-electron chi connectivity index (χ3n) is 2.25. The zero-order valence-corrected chi connectivity index (χ0v) is 5.25. The van der Waals surface area contributed by atoms with E-state index >= 15 is 0 Å². The highest BCUT2D eigenvalue weighted by Gasteiger charge is 2.64. The number of halogens is 2. The number of rotatable bonds is 0. The lowest BCUT2D eigenvalue weighted by molar-refractivity contribution is -0.125. The van der Waals surface area contributed by atoms with E-state index in [0.29, 0.717) is 5.92 Å². The van der Waals surface area contributed by atoms with Crippen LogP contribution in [0.4, 0.5) is 4.39 Å². The molecule has 1 atom stereocenters. The fourth-order valence-corrected chi connectivity index (χ4v) is 1.50. The molecule has 1 unspecified atom stereocenters. The van der Waals surface area contributed by atoms with Crippen molar-refractivity contribution in [2.75, 3.05) is 0 Å². The van der Waals surface area contributed by atoms with Crippen LogP contribution in [-0.2, 0) is 0 Å². The van der Waals surface area contributed by atoms with Crippen LogP contribution in [0.1, 0.15) is 12.8 Å². The normalized spacial score (nSPS) is 57.8. The summed E-state index contributed by atoms with van der Waals surface area (Å²) in [6.07, 6.45) is 1.23. The second kappa shape index (κ2) is 1.36. The maximum Gasteiger partial charge on any atom is 0.121 e. The van der Waals surface area contributed by atoms with E-state index in [1.54, 1.807) is 0 Å². The van der Waals surface area contributed by atoms with E-state index in [1.165, 1.54) is 0 Å². The van der Waals surface area contributed by atoms with Gasteiger partial charge in [-0.25, -0.2) is 4.39 Å². The lowest BCUT2D eigenvalue weighted by atomic mass is 9.49. The molecule has 0 amide bonds. The number of alkyl halides is 1. The summed E-state index contributed by atoms with van der Waals surface area (Å²) in [6.45, 7) is 0. The Hall–Kier alpha value is 0.180. The van der Waals surface area contributed by atoms with Gasteiger partial charge in [0.05, 0.1) is 0 Å². The average Bonchev–Trinajstić information content (AvgIpc) is 1.62. The van der Waals surface area contributed by atoms with Crippen molar-refractivity contribution in [2.24, 2.45) is 11.7 Å². The average molecular weight is 138 g/mol. The zero-order chi connectivity index (χ0) is 5.07. The highest BCUT2D eigenvalue weighted by Crippen LogP contribution is 2.56. The molecule has 1 nitrogen and oxygen atoms in total. The van der Waals surface area contributed by atoms with Crippen LogP contribution in [0.15, 0.2) is 0 Å². The summed E-state index contributed by atoms with van der Waals surface area (Å²) in [5, 5.41) is 0. The summed E-state index contributed by atoms with van der Waals surface area (Å²) >= 11 is 0. The summed E-state index contributed by atoms with van der Waals surface area (Å²) < 4.78 is 12.2. The first-order valence-electron chi connectivity index (χ1n) is 2.65. The van der Waals surface area contributed by atoms with E-state index in [-0.39, 0.29) is 17.9 Å². The summed E-state index contributed by atoms with van der Waals surface area (Å²) in [4.78, 5) is 0. The van der Waals surface area contributed by atoms with Crippen molar-refractivity contribution >= 4 is 12.4 Å². The third kappa shape index (κ3) is 0.407. The molecule has 2 N–H and O–H groups in total. The minimum absolute atomic E-state index is 0. The molecular weight excluding hydrogens is 129 g/mol. The van der Waals surface area contributed by atoms with Gasteiger partial charge in [-0.1, -0.05) is 0 Å². The van der Waals surface area contributed by atoms with Crippen LogP contribution in [0, 0.1) is 5.92 Å². The SMILES string of the molecule is Cl.NC12CC(C1)C2F. The molecule has 3 aliphatic rings. The molecule has 3 saturated carbocycles. The van der Waals surface area contributed by atoms with Crippen LogP contribution in [0.3, 0.4) is 0 Å². The molecule has 0 aliphatic heterocycles. The molecule has 0 radical (unpaired) electrons. The largest absolute Gasteiger partial charge is 0.323 e. The second-order valence-electron chi connectivity index (χ2n) is 2.80. The van der Waals surface area contributed by atoms with Gasteiger partial charge in [-0.15, -0.1) is 12.4 Å². The van der Waals surface area contributed by atoms with Crippen molar-refractivity contribution in [3.63, 3.8) is 0 Å². The van der Waals surface area contributed by atoms with Crippen LogP contribution in [0.5, 0.6) is 0 Å². The van der Waals surface area contributed by atoms with E-state index < -0.39 is 6.17 Å². The molecule has 3 fully saturated rings. The molecule has 0 heterocycles. The smallest absolute Gasteiger partial charge is 0.121 e. The summed E-state index contributed by atoms with van der Waals surface area (Å²) in [5.41, 5.74) is 5.11. The van der Waals surface area contributed by atoms with Crippen molar-refractivity contribution in [3.8, 4) is 0 Å². The quantitative estimate of drug-likeness (QED) is 0.527. The summed E-state index contributed by atoms with van der Waals surface area (Å²) in [7, 11) is 0. The third-order valence-corrected chi connectivity index (χ3v) is 2.25. The fraction of sp³-hybridized carbons (Fsp3) is 1.00.